The Bertz CT molecular complexity index is 469. The monoisotopic (exact) mass is 249 g/mol. The molecule has 6 heteroatoms. The van der Waals surface area contributed by atoms with Crippen molar-refractivity contribution in [3.05, 3.63) is 29.4 Å². The van der Waals surface area contributed by atoms with E-state index in [1.165, 1.54) is 0 Å². The van der Waals surface area contributed by atoms with Gasteiger partial charge in [-0.1, -0.05) is 0 Å². The summed E-state index contributed by atoms with van der Waals surface area (Å²) in [6.45, 7) is 3.15. The number of thiophene rings is 1. The van der Waals surface area contributed by atoms with Gasteiger partial charge in [-0.25, -0.2) is 9.97 Å². The van der Waals surface area contributed by atoms with Crippen LogP contribution in [-0.2, 0) is 0 Å². The smallest absolute Gasteiger partial charge is 0.136 e. The molecule has 0 amide bonds. The van der Waals surface area contributed by atoms with Crippen molar-refractivity contribution >= 4 is 28.0 Å². The molecule has 0 bridgehead atoms. The van der Waals surface area contributed by atoms with Crippen molar-refractivity contribution in [1.29, 1.82) is 0 Å². The molecular formula is C11H15N5S. The van der Waals surface area contributed by atoms with Gasteiger partial charge < -0.3 is 16.4 Å². The number of rotatable bonds is 5. The molecule has 0 aliphatic carbocycles. The molecule has 2 aromatic rings. The number of aryl methyl sites for hydroxylation is 1. The van der Waals surface area contributed by atoms with Crippen LogP contribution in [0.15, 0.2) is 23.6 Å². The maximum Gasteiger partial charge on any atom is 0.136 e. The minimum Gasteiger partial charge on any atom is -0.369 e. The van der Waals surface area contributed by atoms with E-state index in [0.29, 0.717) is 13.1 Å². The molecule has 2 heterocycles. The van der Waals surface area contributed by atoms with Gasteiger partial charge in [0.05, 0.1) is 5.00 Å². The van der Waals surface area contributed by atoms with Gasteiger partial charge in [-0.15, -0.1) is 11.3 Å². The van der Waals surface area contributed by atoms with Gasteiger partial charge in [0.2, 0.25) is 0 Å². The van der Waals surface area contributed by atoms with Gasteiger partial charge in [0.15, 0.2) is 0 Å². The van der Waals surface area contributed by atoms with E-state index in [1.54, 1.807) is 11.3 Å². The molecule has 0 aliphatic heterocycles. The van der Waals surface area contributed by atoms with Crippen molar-refractivity contribution < 1.29 is 0 Å². The topological polar surface area (TPSA) is 75.9 Å². The summed E-state index contributed by atoms with van der Waals surface area (Å²) in [7, 11) is 0. The zero-order valence-electron chi connectivity index (χ0n) is 9.60. The highest BCUT2D eigenvalue weighted by atomic mass is 32.1. The second-order valence-corrected chi connectivity index (χ2v) is 4.45. The van der Waals surface area contributed by atoms with E-state index in [1.807, 2.05) is 30.5 Å². The molecule has 0 aromatic carbocycles. The Morgan fingerprint density at radius 3 is 2.88 bits per heavy atom. The quantitative estimate of drug-likeness (QED) is 0.755. The molecule has 4 N–H and O–H groups in total. The van der Waals surface area contributed by atoms with Crippen molar-refractivity contribution in [2.24, 2.45) is 5.73 Å². The van der Waals surface area contributed by atoms with E-state index in [9.17, 15) is 0 Å². The number of aromatic nitrogens is 2. The Balaban J connectivity index is 2.13. The molecule has 17 heavy (non-hydrogen) atoms. The fourth-order valence-electron chi connectivity index (χ4n) is 1.40. The van der Waals surface area contributed by atoms with Gasteiger partial charge in [0.25, 0.3) is 0 Å². The third kappa shape index (κ3) is 3.40. The van der Waals surface area contributed by atoms with Crippen molar-refractivity contribution in [3.8, 4) is 0 Å². The summed E-state index contributed by atoms with van der Waals surface area (Å²) in [6, 6.07) is 5.88. The average molecular weight is 249 g/mol. The van der Waals surface area contributed by atoms with Crippen LogP contribution in [0, 0.1) is 6.92 Å². The Hall–Kier alpha value is -1.66. The van der Waals surface area contributed by atoms with Crippen molar-refractivity contribution in [1.82, 2.24) is 9.97 Å². The predicted molar refractivity (Wildman–Crippen MR) is 71.9 cm³/mol. The highest BCUT2D eigenvalue weighted by Crippen LogP contribution is 2.21. The van der Waals surface area contributed by atoms with Gasteiger partial charge in [-0.05, 0) is 24.4 Å². The minimum atomic E-state index is 0.580. The molecular weight excluding hydrogens is 234 g/mol. The first-order valence-electron chi connectivity index (χ1n) is 5.38. The molecule has 2 rings (SSSR count). The first-order chi connectivity index (χ1) is 8.28. The largest absolute Gasteiger partial charge is 0.369 e. The highest BCUT2D eigenvalue weighted by molar-refractivity contribution is 7.14. The van der Waals surface area contributed by atoms with Crippen LogP contribution in [0.4, 0.5) is 16.6 Å². The standard InChI is InChI=1S/C11H15N5S/c1-8-14-9(13-5-4-12)7-10(15-8)16-11-3-2-6-17-11/h2-3,6-7H,4-5,12H2,1H3,(H2,13,14,15,16). The zero-order chi connectivity index (χ0) is 12.1. The lowest BCUT2D eigenvalue weighted by atomic mass is 10.4. The van der Waals surface area contributed by atoms with Crippen LogP contribution >= 0.6 is 11.3 Å². The lowest BCUT2D eigenvalue weighted by molar-refractivity contribution is 0.987. The van der Waals surface area contributed by atoms with Crippen molar-refractivity contribution in [2.45, 2.75) is 6.92 Å². The SMILES string of the molecule is Cc1nc(NCCN)cc(Nc2cccs2)n1. The van der Waals surface area contributed by atoms with Crippen LogP contribution < -0.4 is 16.4 Å². The molecule has 0 spiro atoms. The van der Waals surface area contributed by atoms with Gasteiger partial charge in [-0.2, -0.15) is 0 Å². The summed E-state index contributed by atoms with van der Waals surface area (Å²) in [5.41, 5.74) is 5.44. The Morgan fingerprint density at radius 2 is 2.18 bits per heavy atom. The maximum atomic E-state index is 5.44. The fraction of sp³-hybridized carbons (Fsp3) is 0.273. The summed E-state index contributed by atoms with van der Waals surface area (Å²) in [6.07, 6.45) is 0. The number of anilines is 3. The first kappa shape index (κ1) is 11.8. The second kappa shape index (κ2) is 5.60. The van der Waals surface area contributed by atoms with E-state index in [0.717, 1.165) is 22.5 Å². The Kier molecular flexibility index (Phi) is 3.89. The highest BCUT2D eigenvalue weighted by Gasteiger charge is 2.02. The van der Waals surface area contributed by atoms with Crippen LogP contribution in [-0.4, -0.2) is 23.1 Å². The lowest BCUT2D eigenvalue weighted by Crippen LogP contribution is -2.14. The van der Waals surface area contributed by atoms with E-state index in [4.69, 9.17) is 5.73 Å². The maximum absolute atomic E-state index is 5.44. The Labute approximate surface area is 104 Å². The molecule has 0 saturated heterocycles. The third-order valence-corrected chi connectivity index (χ3v) is 2.85. The summed E-state index contributed by atoms with van der Waals surface area (Å²) < 4.78 is 0. The molecule has 0 unspecified atom stereocenters. The number of nitrogens with two attached hydrogens (primary N) is 1. The van der Waals surface area contributed by atoms with Crippen LogP contribution in [0.2, 0.25) is 0 Å². The van der Waals surface area contributed by atoms with Gasteiger partial charge in [-0.3, -0.25) is 0 Å². The first-order valence-corrected chi connectivity index (χ1v) is 6.26. The van der Waals surface area contributed by atoms with E-state index >= 15 is 0 Å². The second-order valence-electron chi connectivity index (χ2n) is 3.50. The average Bonchev–Trinajstić information content (AvgIpc) is 2.78. The summed E-state index contributed by atoms with van der Waals surface area (Å²) in [5.74, 6) is 2.31. The molecule has 5 nitrogen and oxygen atoms in total. The van der Waals surface area contributed by atoms with E-state index in [-0.39, 0.29) is 0 Å². The number of nitrogens with one attached hydrogen (secondary N) is 2. The molecule has 90 valence electrons. The molecule has 0 fully saturated rings. The van der Waals surface area contributed by atoms with Crippen molar-refractivity contribution in [2.75, 3.05) is 23.7 Å². The fourth-order valence-corrected chi connectivity index (χ4v) is 2.02. The third-order valence-electron chi connectivity index (χ3n) is 2.06. The number of hydrogen-bond acceptors (Lipinski definition) is 6. The summed E-state index contributed by atoms with van der Waals surface area (Å²) in [4.78, 5) is 8.62. The van der Waals surface area contributed by atoms with Crippen LogP contribution in [0.25, 0.3) is 0 Å². The Morgan fingerprint density at radius 1 is 1.35 bits per heavy atom. The minimum absolute atomic E-state index is 0.580. The molecule has 0 atom stereocenters. The van der Waals surface area contributed by atoms with Crippen LogP contribution in [0.1, 0.15) is 5.82 Å². The molecule has 0 aliphatic rings. The zero-order valence-corrected chi connectivity index (χ0v) is 10.4. The lowest BCUT2D eigenvalue weighted by Gasteiger charge is -2.08. The van der Waals surface area contributed by atoms with Gasteiger partial charge in [0.1, 0.15) is 17.5 Å². The van der Waals surface area contributed by atoms with Crippen LogP contribution in [0.3, 0.4) is 0 Å². The normalized spacial score (nSPS) is 10.2. The van der Waals surface area contributed by atoms with Gasteiger partial charge in [0, 0.05) is 19.2 Å². The molecule has 0 radical (unpaired) electrons. The van der Waals surface area contributed by atoms with E-state index < -0.39 is 0 Å². The number of hydrogen-bond donors (Lipinski definition) is 3. The predicted octanol–water partition coefficient (Wildman–Crippen LogP) is 1.96. The van der Waals surface area contributed by atoms with E-state index in [2.05, 4.69) is 20.6 Å². The van der Waals surface area contributed by atoms with Crippen molar-refractivity contribution in [3.63, 3.8) is 0 Å². The van der Waals surface area contributed by atoms with Gasteiger partial charge >= 0.3 is 0 Å². The summed E-state index contributed by atoms with van der Waals surface area (Å²) in [5, 5.41) is 9.46. The van der Waals surface area contributed by atoms with Crippen LogP contribution in [0.5, 0.6) is 0 Å². The molecule has 2 aromatic heterocycles. The number of nitrogens with zero attached hydrogens (tertiary/aromatic N) is 2. The molecule has 0 saturated carbocycles. The summed E-state index contributed by atoms with van der Waals surface area (Å²) >= 11 is 1.64.